The highest BCUT2D eigenvalue weighted by Crippen LogP contribution is 2.26. The van der Waals surface area contributed by atoms with E-state index in [2.05, 4.69) is 47.2 Å². The van der Waals surface area contributed by atoms with Gasteiger partial charge in [0.15, 0.2) is 5.11 Å². The van der Waals surface area contributed by atoms with E-state index >= 15 is 0 Å². The first-order valence-electron chi connectivity index (χ1n) is 8.72. The van der Waals surface area contributed by atoms with Gasteiger partial charge in [0.2, 0.25) is 0 Å². The van der Waals surface area contributed by atoms with Crippen molar-refractivity contribution in [1.82, 2.24) is 9.80 Å². The molecule has 0 aliphatic carbocycles. The predicted octanol–water partition coefficient (Wildman–Crippen LogP) is 5.12. The summed E-state index contributed by atoms with van der Waals surface area (Å²) in [5.41, 5.74) is 4.54. The summed E-state index contributed by atoms with van der Waals surface area (Å²) in [5, 5.41) is 5.63. The number of rotatable bonds is 3. The summed E-state index contributed by atoms with van der Waals surface area (Å²) >= 11 is 18.2. The second-order valence-electron chi connectivity index (χ2n) is 6.71. The van der Waals surface area contributed by atoms with Gasteiger partial charge in [-0.1, -0.05) is 47.0 Å². The highest BCUT2D eigenvalue weighted by molar-refractivity contribution is 7.80. The molecular weight excluding hydrogens is 385 g/mol. The smallest absolute Gasteiger partial charge is 0.173 e. The first-order valence-corrected chi connectivity index (χ1v) is 9.89. The Morgan fingerprint density at radius 2 is 1.69 bits per heavy atom. The maximum Gasteiger partial charge on any atom is 0.173 e. The van der Waals surface area contributed by atoms with E-state index in [1.54, 1.807) is 0 Å². The third-order valence-electron chi connectivity index (χ3n) is 4.73. The summed E-state index contributed by atoms with van der Waals surface area (Å²) in [6.07, 6.45) is 0. The van der Waals surface area contributed by atoms with Crippen molar-refractivity contribution < 1.29 is 0 Å². The van der Waals surface area contributed by atoms with Crippen LogP contribution in [0.3, 0.4) is 0 Å². The van der Waals surface area contributed by atoms with E-state index in [1.807, 2.05) is 18.2 Å². The number of hydrogen-bond donors (Lipinski definition) is 1. The minimum absolute atomic E-state index is 0.729. The lowest BCUT2D eigenvalue weighted by Gasteiger charge is -2.36. The molecule has 0 unspecified atom stereocenters. The van der Waals surface area contributed by atoms with E-state index in [0.717, 1.165) is 59.1 Å². The van der Waals surface area contributed by atoms with Crippen molar-refractivity contribution in [3.8, 4) is 0 Å². The summed E-state index contributed by atoms with van der Waals surface area (Å²) in [7, 11) is 0. The molecule has 0 bridgehead atoms. The van der Waals surface area contributed by atoms with E-state index in [4.69, 9.17) is 35.4 Å². The molecule has 1 N–H and O–H groups in total. The van der Waals surface area contributed by atoms with E-state index in [0.29, 0.717) is 0 Å². The molecule has 0 amide bonds. The van der Waals surface area contributed by atoms with Crippen molar-refractivity contribution in [1.29, 1.82) is 0 Å². The van der Waals surface area contributed by atoms with Gasteiger partial charge in [0.05, 0.1) is 0 Å². The first-order chi connectivity index (χ1) is 12.4. The van der Waals surface area contributed by atoms with Crippen molar-refractivity contribution in [3.05, 3.63) is 63.1 Å². The molecule has 138 valence electrons. The van der Waals surface area contributed by atoms with Crippen LogP contribution in [0.15, 0.2) is 36.4 Å². The highest BCUT2D eigenvalue weighted by atomic mass is 35.5. The number of hydrogen-bond acceptors (Lipinski definition) is 2. The molecule has 1 fully saturated rings. The van der Waals surface area contributed by atoms with Gasteiger partial charge in [0.1, 0.15) is 0 Å². The molecule has 1 heterocycles. The average molecular weight is 408 g/mol. The van der Waals surface area contributed by atoms with Crippen LogP contribution in [0.4, 0.5) is 5.69 Å². The van der Waals surface area contributed by atoms with Gasteiger partial charge in [-0.3, -0.25) is 4.90 Å². The second-order valence-corrected chi connectivity index (χ2v) is 7.91. The van der Waals surface area contributed by atoms with Crippen LogP contribution >= 0.6 is 35.4 Å². The molecule has 1 saturated heterocycles. The van der Waals surface area contributed by atoms with Crippen molar-refractivity contribution in [3.63, 3.8) is 0 Å². The number of benzene rings is 2. The monoisotopic (exact) mass is 407 g/mol. The fourth-order valence-corrected chi connectivity index (χ4v) is 3.97. The molecule has 0 saturated carbocycles. The number of piperazine rings is 1. The zero-order valence-electron chi connectivity index (χ0n) is 15.1. The van der Waals surface area contributed by atoms with Gasteiger partial charge in [-0.05, 0) is 49.8 Å². The van der Waals surface area contributed by atoms with Crippen LogP contribution in [0.5, 0.6) is 0 Å². The Morgan fingerprint density at radius 1 is 1.04 bits per heavy atom. The maximum atomic E-state index is 6.29. The van der Waals surface area contributed by atoms with Gasteiger partial charge >= 0.3 is 0 Å². The summed E-state index contributed by atoms with van der Waals surface area (Å²) in [6.45, 7) is 8.59. The number of aryl methyl sites for hydroxylation is 2. The fraction of sp³-hybridized carbons (Fsp3) is 0.350. The third kappa shape index (κ3) is 4.68. The third-order valence-corrected chi connectivity index (χ3v) is 5.79. The maximum absolute atomic E-state index is 6.29. The Balaban J connectivity index is 1.55. The van der Waals surface area contributed by atoms with Gasteiger partial charge < -0.3 is 10.2 Å². The molecule has 1 aliphatic rings. The van der Waals surface area contributed by atoms with E-state index in [-0.39, 0.29) is 0 Å². The van der Waals surface area contributed by atoms with Crippen LogP contribution in [0.25, 0.3) is 0 Å². The van der Waals surface area contributed by atoms with Crippen molar-refractivity contribution in [2.24, 2.45) is 0 Å². The standard InChI is InChI=1S/C20H23Cl2N3S/c1-14-6-7-19(15(2)12-14)23-20(26)25-10-8-24(9-11-25)13-16-17(21)4-3-5-18(16)22/h3-7,12H,8-11,13H2,1-2H3,(H,23,26). The van der Waals surface area contributed by atoms with Crippen LogP contribution in [0.1, 0.15) is 16.7 Å². The summed E-state index contributed by atoms with van der Waals surface area (Å²) < 4.78 is 0. The molecule has 1 aliphatic heterocycles. The summed E-state index contributed by atoms with van der Waals surface area (Å²) in [6, 6.07) is 12.0. The fourth-order valence-electron chi connectivity index (χ4n) is 3.16. The molecule has 3 rings (SSSR count). The molecular formula is C20H23Cl2N3S. The van der Waals surface area contributed by atoms with Gasteiger partial charge in [0.25, 0.3) is 0 Å². The number of nitrogens with zero attached hydrogens (tertiary/aromatic N) is 2. The normalized spacial score (nSPS) is 15.2. The van der Waals surface area contributed by atoms with E-state index < -0.39 is 0 Å². The van der Waals surface area contributed by atoms with Crippen LogP contribution in [-0.4, -0.2) is 41.1 Å². The first kappa shape index (κ1) is 19.4. The predicted molar refractivity (Wildman–Crippen MR) is 115 cm³/mol. The number of thiocarbonyl (C=S) groups is 1. The molecule has 2 aromatic rings. The molecule has 0 atom stereocenters. The largest absolute Gasteiger partial charge is 0.346 e. The molecule has 0 aromatic heterocycles. The lowest BCUT2D eigenvalue weighted by Crippen LogP contribution is -2.49. The van der Waals surface area contributed by atoms with Crippen LogP contribution in [0, 0.1) is 13.8 Å². The number of halogens is 2. The molecule has 26 heavy (non-hydrogen) atoms. The summed E-state index contributed by atoms with van der Waals surface area (Å²) in [4.78, 5) is 4.59. The van der Waals surface area contributed by atoms with Crippen molar-refractivity contribution >= 4 is 46.2 Å². The minimum atomic E-state index is 0.729. The van der Waals surface area contributed by atoms with Gasteiger partial charge in [0, 0.05) is 54.0 Å². The van der Waals surface area contributed by atoms with E-state index in [1.165, 1.54) is 11.1 Å². The Morgan fingerprint density at radius 3 is 2.31 bits per heavy atom. The van der Waals surface area contributed by atoms with Crippen LogP contribution in [0.2, 0.25) is 10.0 Å². The van der Waals surface area contributed by atoms with Crippen LogP contribution in [-0.2, 0) is 6.54 Å². The quantitative estimate of drug-likeness (QED) is 0.710. The van der Waals surface area contributed by atoms with Gasteiger partial charge in [-0.15, -0.1) is 0 Å². The molecule has 0 spiro atoms. The zero-order valence-corrected chi connectivity index (χ0v) is 17.4. The van der Waals surface area contributed by atoms with Gasteiger partial charge in [-0.25, -0.2) is 0 Å². The zero-order chi connectivity index (χ0) is 18.7. The number of nitrogens with one attached hydrogen (secondary N) is 1. The Hall–Kier alpha value is -1.33. The van der Waals surface area contributed by atoms with Gasteiger partial charge in [-0.2, -0.15) is 0 Å². The average Bonchev–Trinajstić information content (AvgIpc) is 2.61. The Labute approximate surface area is 170 Å². The topological polar surface area (TPSA) is 18.5 Å². The SMILES string of the molecule is Cc1ccc(NC(=S)N2CCN(Cc3c(Cl)cccc3Cl)CC2)c(C)c1. The molecule has 0 radical (unpaired) electrons. The molecule has 2 aromatic carbocycles. The second kappa shape index (κ2) is 8.57. The molecule has 3 nitrogen and oxygen atoms in total. The lowest BCUT2D eigenvalue weighted by molar-refractivity contribution is 0.177. The van der Waals surface area contributed by atoms with Crippen molar-refractivity contribution in [2.75, 3.05) is 31.5 Å². The van der Waals surface area contributed by atoms with Crippen molar-refractivity contribution in [2.45, 2.75) is 20.4 Å². The van der Waals surface area contributed by atoms with E-state index in [9.17, 15) is 0 Å². The minimum Gasteiger partial charge on any atom is -0.346 e. The lowest BCUT2D eigenvalue weighted by atomic mass is 10.1. The number of anilines is 1. The summed E-state index contributed by atoms with van der Waals surface area (Å²) in [5.74, 6) is 0. The Kier molecular flexibility index (Phi) is 6.41. The Bertz CT molecular complexity index is 781. The highest BCUT2D eigenvalue weighted by Gasteiger charge is 2.20. The molecule has 6 heteroatoms. The van der Waals surface area contributed by atoms with Crippen LogP contribution < -0.4 is 5.32 Å².